The molecule has 0 amide bonds. The van der Waals surface area contributed by atoms with Gasteiger partial charge in [-0.3, -0.25) is 4.98 Å². The van der Waals surface area contributed by atoms with Crippen molar-refractivity contribution < 1.29 is 24.1 Å². The van der Waals surface area contributed by atoms with Gasteiger partial charge < -0.3 is 26.0 Å². The highest BCUT2D eigenvalue weighted by Gasteiger charge is 2.45. The van der Waals surface area contributed by atoms with Crippen LogP contribution in [0, 0.1) is 18.8 Å². The Hall–Kier alpha value is -2.54. The van der Waals surface area contributed by atoms with Gasteiger partial charge in [0.05, 0.1) is 33.8 Å². The highest BCUT2D eigenvalue weighted by molar-refractivity contribution is 7.21. The summed E-state index contributed by atoms with van der Waals surface area (Å²) in [5, 5.41) is 37.6. The van der Waals surface area contributed by atoms with Crippen molar-refractivity contribution in [1.29, 1.82) is 0 Å². The van der Waals surface area contributed by atoms with Gasteiger partial charge >= 0.3 is 0 Å². The first-order chi connectivity index (χ1) is 17.7. The molecule has 0 spiro atoms. The zero-order chi connectivity index (χ0) is 25.9. The van der Waals surface area contributed by atoms with E-state index in [0.717, 1.165) is 28.8 Å². The molecule has 12 heteroatoms. The van der Waals surface area contributed by atoms with Crippen molar-refractivity contribution in [2.24, 2.45) is 11.8 Å². The van der Waals surface area contributed by atoms with E-state index >= 15 is 0 Å². The van der Waals surface area contributed by atoms with E-state index in [-0.39, 0.29) is 25.4 Å². The maximum absolute atomic E-state index is 13.3. The van der Waals surface area contributed by atoms with Crippen molar-refractivity contribution in [2.45, 2.75) is 69.1 Å². The highest BCUT2D eigenvalue weighted by atomic mass is 32.1. The molecule has 3 aliphatic carbocycles. The summed E-state index contributed by atoms with van der Waals surface area (Å²) in [6, 6.07) is 1.40. The molecule has 0 aromatic carbocycles. The van der Waals surface area contributed by atoms with Crippen LogP contribution in [0.25, 0.3) is 20.8 Å². The van der Waals surface area contributed by atoms with Gasteiger partial charge in [-0.2, -0.15) is 4.98 Å². The molecule has 3 saturated carbocycles. The van der Waals surface area contributed by atoms with Gasteiger partial charge in [0.25, 0.3) is 0 Å². The fourth-order valence-corrected chi connectivity index (χ4v) is 6.51. The summed E-state index contributed by atoms with van der Waals surface area (Å²) in [5.41, 5.74) is 3.20. The third-order valence-electron chi connectivity index (χ3n) is 7.69. The first kappa shape index (κ1) is 24.8. The number of rotatable bonds is 8. The van der Waals surface area contributed by atoms with Crippen molar-refractivity contribution >= 4 is 33.3 Å². The number of aryl methyl sites for hydroxylation is 1. The normalized spacial score (nSPS) is 27.4. The molecule has 0 unspecified atom stereocenters. The zero-order valence-electron chi connectivity index (χ0n) is 20.4. The lowest BCUT2D eigenvalue weighted by Crippen LogP contribution is -2.39. The Balaban J connectivity index is 1.35. The van der Waals surface area contributed by atoms with E-state index in [2.05, 4.69) is 25.6 Å². The number of anilines is 2. The van der Waals surface area contributed by atoms with Crippen LogP contribution in [0.1, 0.15) is 49.4 Å². The van der Waals surface area contributed by atoms with Gasteiger partial charge in [-0.25, -0.2) is 18.7 Å². The van der Waals surface area contributed by atoms with Crippen LogP contribution < -0.4 is 10.6 Å². The number of fused-ring (bicyclic) bond motifs is 1. The number of aromatic nitrogens is 4. The predicted octanol–water partition coefficient (Wildman–Crippen LogP) is 3.31. The molecule has 198 valence electrons. The lowest BCUT2D eigenvalue weighted by atomic mass is 9.81. The molecule has 9 nitrogen and oxygen atoms in total. The number of halogens is 2. The second-order valence-electron chi connectivity index (χ2n) is 10.6. The molecule has 3 aromatic rings. The summed E-state index contributed by atoms with van der Waals surface area (Å²) < 4.78 is 27.6. The van der Waals surface area contributed by atoms with E-state index in [1.807, 2.05) is 19.2 Å². The molecular weight excluding hydrogens is 502 g/mol. The topological polar surface area (TPSA) is 136 Å². The third kappa shape index (κ3) is 4.75. The number of alkyl halides is 2. The Bertz CT molecular complexity index is 1310. The Morgan fingerprint density at radius 2 is 1.92 bits per heavy atom. The Morgan fingerprint density at radius 1 is 1.14 bits per heavy atom. The van der Waals surface area contributed by atoms with Crippen LogP contribution in [-0.2, 0) is 0 Å². The molecule has 4 atom stereocenters. The molecule has 3 aromatic heterocycles. The van der Waals surface area contributed by atoms with E-state index in [0.29, 0.717) is 46.9 Å². The molecule has 3 fully saturated rings. The smallest absolute Gasteiger partial charge is 0.248 e. The third-order valence-corrected chi connectivity index (χ3v) is 8.72. The number of hydrogen-bond acceptors (Lipinski definition) is 10. The second-order valence-corrected chi connectivity index (χ2v) is 11.6. The van der Waals surface area contributed by atoms with Gasteiger partial charge in [-0.05, 0) is 38.2 Å². The number of thiazole rings is 1. The molecule has 5 N–H and O–H groups in total. The average molecular weight is 533 g/mol. The summed E-state index contributed by atoms with van der Waals surface area (Å²) >= 11 is 1.51. The minimum Gasteiger partial charge on any atom is -0.396 e. The summed E-state index contributed by atoms with van der Waals surface area (Å²) in [5.74, 6) is -2.03. The fraction of sp³-hybridized carbons (Fsp3) is 0.600. The van der Waals surface area contributed by atoms with Crippen molar-refractivity contribution in [2.75, 3.05) is 23.8 Å². The summed E-state index contributed by atoms with van der Waals surface area (Å²) in [7, 11) is 0. The van der Waals surface area contributed by atoms with Gasteiger partial charge in [-0.1, -0.05) is 0 Å². The molecule has 3 aliphatic rings. The van der Waals surface area contributed by atoms with Crippen LogP contribution in [0.2, 0.25) is 0 Å². The van der Waals surface area contributed by atoms with Crippen molar-refractivity contribution in [1.82, 2.24) is 19.9 Å². The first-order valence-corrected chi connectivity index (χ1v) is 13.5. The largest absolute Gasteiger partial charge is 0.396 e. The molecule has 0 saturated heterocycles. The Morgan fingerprint density at radius 3 is 2.59 bits per heavy atom. The SMILES string of the molecule is Cc1nc(NCC2CC(F)(F)C2)nc(N[C@@H]2C[C@H](CO)[C@@H](O)[C@H]2O)c1-c1nc2c(C3CC3)nccc2s1. The van der Waals surface area contributed by atoms with Crippen LogP contribution in [0.3, 0.4) is 0 Å². The molecule has 3 heterocycles. The van der Waals surface area contributed by atoms with E-state index < -0.39 is 30.1 Å². The monoisotopic (exact) mass is 532 g/mol. The number of hydrogen-bond donors (Lipinski definition) is 5. The van der Waals surface area contributed by atoms with Crippen LogP contribution in [0.4, 0.5) is 20.5 Å². The average Bonchev–Trinajstić information content (AvgIpc) is 3.54. The van der Waals surface area contributed by atoms with Crippen LogP contribution in [-0.4, -0.2) is 72.6 Å². The first-order valence-electron chi connectivity index (χ1n) is 12.7. The van der Waals surface area contributed by atoms with E-state index in [1.165, 1.54) is 11.3 Å². The maximum Gasteiger partial charge on any atom is 0.248 e. The minimum absolute atomic E-state index is 0.148. The van der Waals surface area contributed by atoms with E-state index in [4.69, 9.17) is 4.98 Å². The summed E-state index contributed by atoms with van der Waals surface area (Å²) in [4.78, 5) is 18.8. The van der Waals surface area contributed by atoms with Crippen molar-refractivity contribution in [3.63, 3.8) is 0 Å². The standard InChI is InChI=1S/C25H30F2N6O3S/c1-11-17(23-32-19-16(37-23)4-5-28-18(19)13-2-3-13)22(31-15-6-14(10-34)20(35)21(15)36)33-24(30-11)29-9-12-7-25(26,27)8-12/h4-5,12-15,20-21,34-36H,2-3,6-10H2,1H3,(H2,29,30,31,33)/t14-,15-,20-,21+/m1/s1. The van der Waals surface area contributed by atoms with Gasteiger partial charge in [0, 0.05) is 44.0 Å². The number of aliphatic hydroxyl groups excluding tert-OH is 3. The Labute approximate surface area is 216 Å². The van der Waals surface area contributed by atoms with Gasteiger partial charge in [0.2, 0.25) is 11.9 Å². The van der Waals surface area contributed by atoms with Crippen molar-refractivity contribution in [3.05, 3.63) is 23.7 Å². The maximum atomic E-state index is 13.3. The predicted molar refractivity (Wildman–Crippen MR) is 136 cm³/mol. The lowest BCUT2D eigenvalue weighted by Gasteiger charge is -2.34. The molecule has 0 aliphatic heterocycles. The lowest BCUT2D eigenvalue weighted by molar-refractivity contribution is -0.106. The number of nitrogens with zero attached hydrogens (tertiary/aromatic N) is 4. The second kappa shape index (κ2) is 9.33. The molecule has 0 radical (unpaired) electrons. The molecule has 6 rings (SSSR count). The van der Waals surface area contributed by atoms with Crippen LogP contribution in [0.15, 0.2) is 12.3 Å². The fourth-order valence-electron chi connectivity index (χ4n) is 5.44. The van der Waals surface area contributed by atoms with Crippen LogP contribution in [0.5, 0.6) is 0 Å². The highest BCUT2D eigenvalue weighted by Crippen LogP contribution is 2.45. The van der Waals surface area contributed by atoms with Gasteiger partial charge in [0.15, 0.2) is 0 Å². The molecule has 0 bridgehead atoms. The van der Waals surface area contributed by atoms with Crippen LogP contribution >= 0.6 is 11.3 Å². The number of pyridine rings is 1. The molecule has 37 heavy (non-hydrogen) atoms. The zero-order valence-corrected chi connectivity index (χ0v) is 21.2. The summed E-state index contributed by atoms with van der Waals surface area (Å²) in [6.45, 7) is 1.94. The quantitative estimate of drug-likeness (QED) is 0.296. The molecular formula is C25H30F2N6O3S. The minimum atomic E-state index is -2.59. The summed E-state index contributed by atoms with van der Waals surface area (Å²) in [6.07, 6.45) is 1.93. The van der Waals surface area contributed by atoms with Crippen molar-refractivity contribution in [3.8, 4) is 10.6 Å². The van der Waals surface area contributed by atoms with Gasteiger partial charge in [0.1, 0.15) is 22.4 Å². The van der Waals surface area contributed by atoms with E-state index in [1.54, 1.807) is 0 Å². The Kier molecular flexibility index (Phi) is 6.25. The van der Waals surface area contributed by atoms with E-state index in [9.17, 15) is 24.1 Å². The number of nitrogens with one attached hydrogen (secondary N) is 2. The van der Waals surface area contributed by atoms with Gasteiger partial charge in [-0.15, -0.1) is 11.3 Å². The number of aliphatic hydroxyl groups is 3.